The van der Waals surface area contributed by atoms with Crippen molar-refractivity contribution < 1.29 is 9.59 Å². The lowest BCUT2D eigenvalue weighted by molar-refractivity contribution is -0.120. The first-order valence-corrected chi connectivity index (χ1v) is 13.5. The number of carbonyl (C=O) groups excluding carboxylic acids is 2. The van der Waals surface area contributed by atoms with E-state index in [9.17, 15) is 9.59 Å². The van der Waals surface area contributed by atoms with Gasteiger partial charge in [0.2, 0.25) is 5.91 Å². The van der Waals surface area contributed by atoms with Crippen molar-refractivity contribution in [3.05, 3.63) is 91.7 Å². The number of Topliss-reactive ketones (excluding diaryl/α,β-unsaturated/α-hetero) is 1. The third-order valence-corrected chi connectivity index (χ3v) is 8.05. The Labute approximate surface area is 225 Å². The van der Waals surface area contributed by atoms with Crippen molar-refractivity contribution in [1.29, 1.82) is 0 Å². The predicted molar refractivity (Wildman–Crippen MR) is 148 cm³/mol. The summed E-state index contributed by atoms with van der Waals surface area (Å²) in [6.45, 7) is 4.72. The van der Waals surface area contributed by atoms with Crippen molar-refractivity contribution in [3.63, 3.8) is 0 Å². The summed E-state index contributed by atoms with van der Waals surface area (Å²) in [7, 11) is 0. The van der Waals surface area contributed by atoms with E-state index in [0.717, 1.165) is 27.5 Å². The van der Waals surface area contributed by atoms with E-state index in [1.165, 1.54) is 0 Å². The fourth-order valence-electron chi connectivity index (χ4n) is 5.08. The Morgan fingerprint density at radius 2 is 1.94 bits per heavy atom. The Morgan fingerprint density at radius 1 is 1.14 bits per heavy atom. The average Bonchev–Trinajstić information content (AvgIpc) is 3.29. The monoisotopic (exact) mass is 539 g/mol. The number of anilines is 2. The van der Waals surface area contributed by atoms with Crippen LogP contribution < -0.4 is 15.5 Å². The van der Waals surface area contributed by atoms with Gasteiger partial charge in [0.05, 0.1) is 30.5 Å². The van der Waals surface area contributed by atoms with Gasteiger partial charge in [-0.25, -0.2) is 0 Å². The first-order chi connectivity index (χ1) is 17.2. The molecule has 1 amide bonds. The molecule has 5 nitrogen and oxygen atoms in total. The van der Waals surface area contributed by atoms with Crippen LogP contribution in [-0.4, -0.2) is 18.2 Å². The van der Waals surface area contributed by atoms with Crippen LogP contribution in [0.25, 0.3) is 0 Å². The maximum absolute atomic E-state index is 13.7. The second kappa shape index (κ2) is 9.92. The van der Waals surface area contributed by atoms with E-state index >= 15 is 0 Å². The van der Waals surface area contributed by atoms with Crippen LogP contribution in [0, 0.1) is 5.41 Å². The minimum atomic E-state index is -0.544. The van der Waals surface area contributed by atoms with Gasteiger partial charge in [-0.1, -0.05) is 61.3 Å². The number of nitrogens with zero attached hydrogens (tertiary/aromatic N) is 1. The van der Waals surface area contributed by atoms with Crippen molar-refractivity contribution in [2.75, 3.05) is 16.8 Å². The summed E-state index contributed by atoms with van der Waals surface area (Å²) >= 11 is 14.6. The van der Waals surface area contributed by atoms with Gasteiger partial charge in [0.1, 0.15) is 0 Å². The molecule has 2 N–H and O–H groups in total. The number of benzene rings is 2. The number of rotatable bonds is 5. The van der Waals surface area contributed by atoms with Gasteiger partial charge < -0.3 is 15.5 Å². The lowest BCUT2D eigenvalue weighted by Crippen LogP contribution is -2.42. The largest absolute Gasteiger partial charge is 0.357 e. The summed E-state index contributed by atoms with van der Waals surface area (Å²) in [6.07, 6.45) is 1.13. The van der Waals surface area contributed by atoms with Crippen molar-refractivity contribution >= 4 is 57.6 Å². The average molecular weight is 541 g/mol. The van der Waals surface area contributed by atoms with Crippen molar-refractivity contribution in [2.24, 2.45) is 5.41 Å². The molecule has 1 aromatic heterocycles. The Bertz CT molecular complexity index is 1350. The Morgan fingerprint density at radius 3 is 2.69 bits per heavy atom. The minimum absolute atomic E-state index is 0.0567. The number of halogens is 2. The molecule has 2 aliphatic rings. The first kappa shape index (κ1) is 24.9. The van der Waals surface area contributed by atoms with Crippen LogP contribution in [0.3, 0.4) is 0 Å². The second-order valence-corrected chi connectivity index (χ2v) is 11.9. The number of carbonyl (C=O) groups is 2. The van der Waals surface area contributed by atoms with Gasteiger partial charge in [0.15, 0.2) is 5.78 Å². The molecule has 186 valence electrons. The van der Waals surface area contributed by atoms with Gasteiger partial charge in [-0.3, -0.25) is 9.59 Å². The molecule has 1 unspecified atom stereocenters. The number of hydrogen-bond donors (Lipinski definition) is 2. The molecule has 1 aliphatic carbocycles. The van der Waals surface area contributed by atoms with Gasteiger partial charge in [0.25, 0.3) is 0 Å². The fraction of sp³-hybridized carbons (Fsp3) is 0.286. The normalized spacial score (nSPS) is 18.7. The van der Waals surface area contributed by atoms with Crippen LogP contribution in [0.15, 0.2) is 71.2 Å². The number of allylic oxidation sites excluding steroid dienone is 1. The van der Waals surface area contributed by atoms with E-state index in [1.54, 1.807) is 23.5 Å². The fourth-order valence-corrected chi connectivity index (χ4v) is 6.24. The highest BCUT2D eigenvalue weighted by Gasteiger charge is 2.42. The van der Waals surface area contributed by atoms with E-state index < -0.39 is 6.04 Å². The highest BCUT2D eigenvalue weighted by atomic mass is 35.5. The summed E-state index contributed by atoms with van der Waals surface area (Å²) in [4.78, 5) is 30.1. The molecule has 0 spiro atoms. The van der Waals surface area contributed by atoms with E-state index in [4.69, 9.17) is 23.2 Å². The van der Waals surface area contributed by atoms with Crippen molar-refractivity contribution in [3.8, 4) is 0 Å². The van der Waals surface area contributed by atoms with Gasteiger partial charge in [-0.2, -0.15) is 0 Å². The first-order valence-electron chi connectivity index (χ1n) is 11.8. The summed E-state index contributed by atoms with van der Waals surface area (Å²) in [5.41, 5.74) is 3.78. The molecule has 3 aromatic rings. The highest BCUT2D eigenvalue weighted by molar-refractivity contribution is 7.09. The SMILES string of the molecule is CC1(C)CC(=O)C2=C(C1)Nc1ccccc1N(CC(=O)NCc1cccs1)C2c1ccc(Cl)cc1Cl. The summed E-state index contributed by atoms with van der Waals surface area (Å²) in [6, 6.07) is 16.6. The lowest BCUT2D eigenvalue weighted by atomic mass is 9.73. The number of thiophene rings is 1. The third kappa shape index (κ3) is 5.03. The quantitative estimate of drug-likeness (QED) is 0.366. The maximum atomic E-state index is 13.7. The Hall–Kier alpha value is -2.80. The standard InChI is InChI=1S/C28H27Cl2N3O2S/c1-28(2)13-22-26(24(34)14-28)27(19-10-9-17(29)12-20(19)30)33(23-8-4-3-7-21(23)32-22)16-25(35)31-15-18-6-5-11-36-18/h3-12,27,32H,13-16H2,1-2H3,(H,31,35). The molecule has 8 heteroatoms. The van der Waals surface area contributed by atoms with E-state index in [-0.39, 0.29) is 23.7 Å². The van der Waals surface area contributed by atoms with Crippen molar-refractivity contribution in [2.45, 2.75) is 39.3 Å². The van der Waals surface area contributed by atoms with Gasteiger partial charge in [-0.05, 0) is 53.1 Å². The molecular weight excluding hydrogens is 513 g/mol. The van der Waals surface area contributed by atoms with Crippen LogP contribution in [0.4, 0.5) is 11.4 Å². The molecule has 5 rings (SSSR count). The molecule has 2 heterocycles. The number of fused-ring (bicyclic) bond motifs is 1. The molecule has 0 saturated heterocycles. The molecule has 0 fully saturated rings. The number of para-hydroxylation sites is 2. The van der Waals surface area contributed by atoms with Gasteiger partial charge >= 0.3 is 0 Å². The molecule has 0 bridgehead atoms. The van der Waals surface area contributed by atoms with Crippen LogP contribution in [-0.2, 0) is 16.1 Å². The number of nitrogens with one attached hydrogen (secondary N) is 2. The summed E-state index contributed by atoms with van der Waals surface area (Å²) in [5.74, 6) is -0.0810. The van der Waals surface area contributed by atoms with E-state index in [0.29, 0.717) is 35.0 Å². The van der Waals surface area contributed by atoms with Gasteiger partial charge in [-0.15, -0.1) is 11.3 Å². The van der Waals surface area contributed by atoms with Crippen LogP contribution in [0.5, 0.6) is 0 Å². The number of ketones is 1. The zero-order chi connectivity index (χ0) is 25.4. The zero-order valence-corrected chi connectivity index (χ0v) is 22.4. The second-order valence-electron chi connectivity index (χ2n) is 10.0. The molecule has 0 radical (unpaired) electrons. The smallest absolute Gasteiger partial charge is 0.239 e. The molecular formula is C28H27Cl2N3O2S. The Balaban J connectivity index is 1.63. The molecule has 36 heavy (non-hydrogen) atoms. The zero-order valence-electron chi connectivity index (χ0n) is 20.1. The van der Waals surface area contributed by atoms with Crippen LogP contribution >= 0.6 is 34.5 Å². The molecule has 1 aliphatic heterocycles. The maximum Gasteiger partial charge on any atom is 0.239 e. The predicted octanol–water partition coefficient (Wildman–Crippen LogP) is 6.99. The summed E-state index contributed by atoms with van der Waals surface area (Å²) in [5, 5.41) is 9.54. The van der Waals surface area contributed by atoms with Gasteiger partial charge in [0, 0.05) is 32.6 Å². The van der Waals surface area contributed by atoms with Crippen LogP contribution in [0.1, 0.15) is 43.2 Å². The topological polar surface area (TPSA) is 61.4 Å². The molecule has 0 saturated carbocycles. The highest BCUT2D eigenvalue weighted by Crippen LogP contribution is 2.49. The number of amides is 1. The third-order valence-electron chi connectivity index (χ3n) is 6.62. The van der Waals surface area contributed by atoms with Crippen LogP contribution in [0.2, 0.25) is 10.0 Å². The van der Waals surface area contributed by atoms with E-state index in [1.807, 2.05) is 52.7 Å². The van der Waals surface area contributed by atoms with Crippen molar-refractivity contribution in [1.82, 2.24) is 5.32 Å². The minimum Gasteiger partial charge on any atom is -0.357 e. The van der Waals surface area contributed by atoms with E-state index in [2.05, 4.69) is 24.5 Å². The Kier molecular flexibility index (Phi) is 6.86. The molecule has 1 atom stereocenters. The number of hydrogen-bond acceptors (Lipinski definition) is 5. The summed E-state index contributed by atoms with van der Waals surface area (Å²) < 4.78 is 0. The molecule has 2 aromatic carbocycles. The lowest BCUT2D eigenvalue weighted by Gasteiger charge is -2.38.